The van der Waals surface area contributed by atoms with Gasteiger partial charge in [-0.2, -0.15) is 0 Å². The fourth-order valence-electron chi connectivity index (χ4n) is 6.82. The van der Waals surface area contributed by atoms with E-state index < -0.39 is 73.9 Å². The molecule has 0 aliphatic carbocycles. The van der Waals surface area contributed by atoms with Crippen molar-refractivity contribution < 1.29 is 58.2 Å². The number of carboxylic acids is 1. The average molecular weight is 989 g/mol. The van der Waals surface area contributed by atoms with E-state index in [4.69, 9.17) is 23.7 Å². The van der Waals surface area contributed by atoms with E-state index in [9.17, 15) is 34.5 Å². The van der Waals surface area contributed by atoms with E-state index in [0.717, 1.165) is 103 Å². The number of rotatable bonds is 41. The molecule has 0 aromatic rings. The number of hydrogen-bond donors (Lipinski definition) is 3. The molecule has 0 bridgehead atoms. The van der Waals surface area contributed by atoms with E-state index in [1.807, 2.05) is 18.2 Å². The summed E-state index contributed by atoms with van der Waals surface area (Å²) in [6, 6.07) is 0. The summed E-state index contributed by atoms with van der Waals surface area (Å²) in [7, 11) is 0. The SMILES string of the molecule is CC/C=C\C/C=C\C/C=C\C/C=C\C/C=C\CC(=O)OCC(COC1OC(C(=O)O)C(O)C(O)C1OC(=O)CCCCC/C=C\C/C=C\C/C=C\CC)OC(=O)CCCCC/C=C\C/C=C\C/C=C\CC. The van der Waals surface area contributed by atoms with Gasteiger partial charge in [-0.3, -0.25) is 14.4 Å². The first-order valence-electron chi connectivity index (χ1n) is 26.2. The van der Waals surface area contributed by atoms with E-state index >= 15 is 0 Å². The van der Waals surface area contributed by atoms with Gasteiger partial charge in [-0.15, -0.1) is 0 Å². The van der Waals surface area contributed by atoms with Gasteiger partial charge < -0.3 is 39.0 Å². The molecular weight excluding hydrogens is 901 g/mol. The van der Waals surface area contributed by atoms with Crippen LogP contribution in [-0.2, 0) is 42.9 Å². The van der Waals surface area contributed by atoms with Crippen LogP contribution >= 0.6 is 0 Å². The Kier molecular flexibility index (Phi) is 41.4. The van der Waals surface area contributed by atoms with Crippen LogP contribution in [0.2, 0.25) is 0 Å². The lowest BCUT2D eigenvalue weighted by molar-refractivity contribution is -0.301. The Labute approximate surface area is 426 Å². The zero-order chi connectivity index (χ0) is 51.8. The summed E-state index contributed by atoms with van der Waals surface area (Å²) in [6.45, 7) is 5.47. The predicted molar refractivity (Wildman–Crippen MR) is 284 cm³/mol. The minimum atomic E-state index is -1.93. The number of carbonyl (C=O) groups is 4. The van der Waals surface area contributed by atoms with Crippen molar-refractivity contribution in [2.24, 2.45) is 0 Å². The Hall–Kier alpha value is -5.14. The van der Waals surface area contributed by atoms with E-state index in [0.29, 0.717) is 19.3 Å². The van der Waals surface area contributed by atoms with Gasteiger partial charge in [0.1, 0.15) is 18.8 Å². The number of aliphatic carboxylic acids is 1. The van der Waals surface area contributed by atoms with E-state index in [-0.39, 0.29) is 19.3 Å². The zero-order valence-corrected chi connectivity index (χ0v) is 43.2. The predicted octanol–water partition coefficient (Wildman–Crippen LogP) is 12.7. The molecular formula is C59H88O12. The van der Waals surface area contributed by atoms with Crippen LogP contribution in [0.4, 0.5) is 0 Å². The van der Waals surface area contributed by atoms with Crippen molar-refractivity contribution in [3.8, 4) is 0 Å². The summed E-state index contributed by atoms with van der Waals surface area (Å²) >= 11 is 0. The van der Waals surface area contributed by atoms with Gasteiger partial charge in [0, 0.05) is 12.8 Å². The molecule has 0 aromatic carbocycles. The Bertz CT molecular complexity index is 1740. The number of carbonyl (C=O) groups excluding carboxylic acids is 3. The Balaban J connectivity index is 2.84. The normalized spacial score (nSPS) is 19.6. The number of ether oxygens (including phenoxy) is 5. The highest BCUT2D eigenvalue weighted by atomic mass is 16.7. The van der Waals surface area contributed by atoms with Gasteiger partial charge in [0.15, 0.2) is 24.6 Å². The maximum Gasteiger partial charge on any atom is 0.335 e. The number of aliphatic hydroxyl groups is 2. The van der Waals surface area contributed by atoms with E-state index in [1.54, 1.807) is 6.08 Å². The van der Waals surface area contributed by atoms with Gasteiger partial charge in [0.25, 0.3) is 0 Å². The van der Waals surface area contributed by atoms with Crippen molar-refractivity contribution in [2.45, 2.75) is 199 Å². The fraction of sp³-hybridized carbons (Fsp3) is 0.559. The third-order valence-electron chi connectivity index (χ3n) is 10.7. The lowest BCUT2D eigenvalue weighted by atomic mass is 9.98. The Morgan fingerprint density at radius 3 is 1.32 bits per heavy atom. The lowest BCUT2D eigenvalue weighted by Gasteiger charge is -2.40. The number of carboxylic acid groups (broad SMARTS) is 1. The van der Waals surface area contributed by atoms with Gasteiger partial charge in [-0.05, 0) is 109 Å². The van der Waals surface area contributed by atoms with Gasteiger partial charge in [0.05, 0.1) is 13.0 Å². The van der Waals surface area contributed by atoms with Crippen LogP contribution in [0, 0.1) is 0 Å². The topological polar surface area (TPSA) is 175 Å². The molecule has 1 saturated heterocycles. The maximum absolute atomic E-state index is 13.1. The monoisotopic (exact) mass is 989 g/mol. The zero-order valence-electron chi connectivity index (χ0n) is 43.2. The highest BCUT2D eigenvalue weighted by Crippen LogP contribution is 2.26. The smallest absolute Gasteiger partial charge is 0.335 e. The molecule has 71 heavy (non-hydrogen) atoms. The maximum atomic E-state index is 13.1. The summed E-state index contributed by atoms with van der Waals surface area (Å²) in [5.74, 6) is -3.40. The van der Waals surface area contributed by atoms with Crippen LogP contribution < -0.4 is 0 Å². The molecule has 12 heteroatoms. The third kappa shape index (κ3) is 36.4. The molecule has 1 aliphatic heterocycles. The first-order valence-corrected chi connectivity index (χ1v) is 26.2. The van der Waals surface area contributed by atoms with Gasteiger partial charge in [-0.25, -0.2) is 4.79 Å². The molecule has 0 aromatic heterocycles. The first kappa shape index (κ1) is 63.9. The molecule has 1 rings (SSSR count). The molecule has 0 radical (unpaired) electrons. The quantitative estimate of drug-likeness (QED) is 0.0229. The van der Waals surface area contributed by atoms with E-state index in [1.165, 1.54) is 0 Å². The van der Waals surface area contributed by atoms with Crippen LogP contribution in [0.5, 0.6) is 0 Å². The first-order chi connectivity index (χ1) is 34.6. The molecule has 3 N–H and O–H groups in total. The van der Waals surface area contributed by atoms with Crippen molar-refractivity contribution in [1.29, 1.82) is 0 Å². The second kappa shape index (κ2) is 46.0. The Morgan fingerprint density at radius 1 is 0.479 bits per heavy atom. The summed E-state index contributed by atoms with van der Waals surface area (Å²) in [6.07, 6.45) is 51.9. The van der Waals surface area contributed by atoms with Crippen LogP contribution in [0.1, 0.15) is 162 Å². The minimum absolute atomic E-state index is 0.00499. The number of allylic oxidation sites excluding steroid dienone is 21. The molecule has 396 valence electrons. The van der Waals surface area contributed by atoms with Crippen molar-refractivity contribution >= 4 is 23.9 Å². The second-order valence-electron chi connectivity index (χ2n) is 17.0. The molecule has 1 aliphatic rings. The third-order valence-corrected chi connectivity index (χ3v) is 10.7. The average Bonchev–Trinajstić information content (AvgIpc) is 3.35. The van der Waals surface area contributed by atoms with Crippen LogP contribution in [0.25, 0.3) is 0 Å². The van der Waals surface area contributed by atoms with Gasteiger partial charge in [-0.1, -0.05) is 167 Å². The summed E-state index contributed by atoms with van der Waals surface area (Å²) in [4.78, 5) is 50.8. The summed E-state index contributed by atoms with van der Waals surface area (Å²) in [5, 5.41) is 31.3. The molecule has 0 spiro atoms. The number of hydrogen-bond acceptors (Lipinski definition) is 11. The Morgan fingerprint density at radius 2 is 0.887 bits per heavy atom. The van der Waals surface area contributed by atoms with E-state index in [2.05, 4.69) is 130 Å². The molecule has 6 unspecified atom stereocenters. The largest absolute Gasteiger partial charge is 0.479 e. The number of esters is 3. The van der Waals surface area contributed by atoms with Crippen molar-refractivity contribution in [1.82, 2.24) is 0 Å². The standard InChI is InChI=1S/C59H88O12/c1-4-7-10-13-16-19-22-25-26-29-30-33-36-39-42-45-51(60)67-48-50(69-52(61)46-43-40-37-34-31-27-23-20-17-14-11-8-5-2)49-68-59-57(55(64)54(63)56(71-59)58(65)66)70-53(62)47-44-41-38-35-32-28-24-21-18-15-12-9-6-3/h7-12,16-21,25-28,30-33,39,42,50,54-57,59,63-64H,4-6,13-15,22-24,29,34-38,40-41,43-49H2,1-3H3,(H,65,66)/b10-7-,11-8-,12-9-,19-16-,20-17-,21-18-,26-25-,31-27-,32-28-,33-30-,42-39-. The molecule has 1 heterocycles. The second-order valence-corrected chi connectivity index (χ2v) is 17.0. The molecule has 6 atom stereocenters. The molecule has 0 saturated carbocycles. The molecule has 1 fully saturated rings. The highest BCUT2D eigenvalue weighted by molar-refractivity contribution is 5.74. The van der Waals surface area contributed by atoms with Gasteiger partial charge in [0.2, 0.25) is 0 Å². The van der Waals surface area contributed by atoms with Crippen LogP contribution in [0.15, 0.2) is 134 Å². The fourth-order valence-corrected chi connectivity index (χ4v) is 6.82. The van der Waals surface area contributed by atoms with Crippen molar-refractivity contribution in [2.75, 3.05) is 13.2 Å². The molecule has 0 amide bonds. The summed E-state index contributed by atoms with van der Waals surface area (Å²) in [5.41, 5.74) is 0. The lowest BCUT2D eigenvalue weighted by Crippen LogP contribution is -2.61. The van der Waals surface area contributed by atoms with Crippen LogP contribution in [-0.4, -0.2) is 89.2 Å². The number of aliphatic hydroxyl groups excluding tert-OH is 2. The minimum Gasteiger partial charge on any atom is -0.479 e. The number of unbranched alkanes of at least 4 members (excludes halogenated alkanes) is 6. The van der Waals surface area contributed by atoms with Crippen molar-refractivity contribution in [3.05, 3.63) is 134 Å². The van der Waals surface area contributed by atoms with Gasteiger partial charge >= 0.3 is 23.9 Å². The highest BCUT2D eigenvalue weighted by Gasteiger charge is 2.50. The van der Waals surface area contributed by atoms with Crippen LogP contribution in [0.3, 0.4) is 0 Å². The summed E-state index contributed by atoms with van der Waals surface area (Å²) < 4.78 is 28.1. The molecule has 12 nitrogen and oxygen atoms in total. The van der Waals surface area contributed by atoms with Crippen molar-refractivity contribution in [3.63, 3.8) is 0 Å².